The Morgan fingerprint density at radius 3 is 1.25 bits per heavy atom. The normalized spacial score (nSPS) is 25.9. The number of hydrogen-bond acceptors (Lipinski definition) is 22. The molecule has 0 spiro atoms. The van der Waals surface area contributed by atoms with Crippen LogP contribution < -0.4 is 5.73 Å². The van der Waals surface area contributed by atoms with Gasteiger partial charge in [-0.25, -0.2) is 0 Å². The van der Waals surface area contributed by atoms with Crippen molar-refractivity contribution in [3.05, 3.63) is 0 Å². The molecule has 25 heteroatoms. The molecular formula is C71H152N4O19Si2. The highest BCUT2D eigenvalue weighted by molar-refractivity contribution is 6.74. The van der Waals surface area contributed by atoms with E-state index >= 15 is 0 Å². The zero-order chi connectivity index (χ0) is 76.1. The van der Waals surface area contributed by atoms with Crippen molar-refractivity contribution >= 4 is 28.9 Å². The Kier molecular flexibility index (Phi) is 50.4. The molecule has 2 aliphatic heterocycles. The summed E-state index contributed by atoms with van der Waals surface area (Å²) in [5.41, 5.74) is 1.96. The van der Waals surface area contributed by atoms with E-state index in [0.717, 1.165) is 19.3 Å². The third kappa shape index (κ3) is 35.1. The van der Waals surface area contributed by atoms with E-state index in [1.54, 1.807) is 13.8 Å². The van der Waals surface area contributed by atoms with E-state index in [0.29, 0.717) is 63.3 Å². The second-order valence-electron chi connectivity index (χ2n) is 32.4. The number of aliphatic hydroxyl groups excluding tert-OH is 5. The lowest BCUT2D eigenvalue weighted by Gasteiger charge is -2.49. The van der Waals surface area contributed by atoms with Gasteiger partial charge in [-0.05, 0) is 177 Å². The summed E-state index contributed by atoms with van der Waals surface area (Å²) < 4.78 is 38.0. The molecule has 2 saturated heterocycles. The lowest BCUT2D eigenvalue weighted by Crippen LogP contribution is -2.62. The smallest absolute Gasteiger partial charge is 0.373 e. The highest BCUT2D eigenvalue weighted by Crippen LogP contribution is 2.43. The summed E-state index contributed by atoms with van der Waals surface area (Å²) >= 11 is 0. The topological polar surface area (TPSA) is 353 Å². The maximum Gasteiger partial charge on any atom is 0.373 e. The van der Waals surface area contributed by atoms with E-state index in [2.05, 4.69) is 152 Å². The summed E-state index contributed by atoms with van der Waals surface area (Å²) in [5.74, 6) is 0.738. The van der Waals surface area contributed by atoms with Gasteiger partial charge in [-0.3, -0.25) is 0 Å². The average molecular weight is 1420 g/mol. The first-order valence-electron chi connectivity index (χ1n) is 35.2. The third-order valence-corrected chi connectivity index (χ3v) is 29.3. The first kappa shape index (κ1) is 103. The maximum atomic E-state index is 12.1. The van der Waals surface area contributed by atoms with Gasteiger partial charge in [0.25, 0.3) is 0 Å². The van der Waals surface area contributed by atoms with Gasteiger partial charge in [0.05, 0.1) is 67.1 Å². The van der Waals surface area contributed by atoms with Crippen LogP contribution in [0.4, 0.5) is 0 Å². The lowest BCUT2D eigenvalue weighted by molar-refractivity contribution is -0.284. The van der Waals surface area contributed by atoms with Crippen LogP contribution >= 0.6 is 0 Å². The Balaban J connectivity index is -0.000000451. The van der Waals surface area contributed by atoms with E-state index in [9.17, 15) is 35.7 Å². The van der Waals surface area contributed by atoms with Crippen molar-refractivity contribution in [3.8, 4) is 0 Å². The van der Waals surface area contributed by atoms with E-state index < -0.39 is 76.4 Å². The molecule has 0 saturated carbocycles. The minimum absolute atomic E-state index is 0. The zero-order valence-electron chi connectivity index (χ0n) is 66.8. The molecule has 2 rings (SSSR count). The Labute approximate surface area is 586 Å². The van der Waals surface area contributed by atoms with E-state index in [-0.39, 0.29) is 94.3 Å². The predicted octanol–water partition coefficient (Wildman–Crippen LogP) is 8.49. The van der Waals surface area contributed by atoms with Gasteiger partial charge in [-0.1, -0.05) is 118 Å². The zero-order valence-corrected chi connectivity index (χ0v) is 68.8. The molecule has 2 unspecified atom stereocenters. The summed E-state index contributed by atoms with van der Waals surface area (Å²) in [6.45, 7) is 58.2. The first-order chi connectivity index (χ1) is 43.0. The van der Waals surface area contributed by atoms with Gasteiger partial charge in [-0.2, -0.15) is 19.2 Å². The van der Waals surface area contributed by atoms with Gasteiger partial charge in [0.15, 0.2) is 29.2 Å². The van der Waals surface area contributed by atoms with Gasteiger partial charge in [0, 0.05) is 61.0 Å². The minimum atomic E-state index is -2.30. The molecule has 23 nitrogen and oxygen atoms in total. The van der Waals surface area contributed by atoms with Crippen LogP contribution in [0.2, 0.25) is 36.3 Å². The van der Waals surface area contributed by atoms with Gasteiger partial charge in [0.1, 0.15) is 11.2 Å². The third-order valence-electron chi connectivity index (χ3n) is 20.3. The summed E-state index contributed by atoms with van der Waals surface area (Å²) in [4.78, 5) is 39.1. The van der Waals surface area contributed by atoms with Gasteiger partial charge in [0.2, 0.25) is 0 Å². The number of aliphatic hydroxyl groups is 8. The number of nitrogens with two attached hydrogens (primary N) is 1. The number of likely N-dealkylation sites (N-methyl/N-ethyl adjacent to an activating group) is 1. The standard InChI is InChI=1S/C36H76N2O7Si.C15H31NO3.C14H33NO3Si.C4H10O.2CO2.H2O/c1-18-29(39)26(6)31(44-33-25(5)28(37(13)14)20-24(4)43-33)35(11,41)21-23(3)22-38(15)27(7)32(36(12,42)30(40)19-2)45-46(16,17)34(8,9)10;1-7-14(17)10(2)9-18-15-12(4)13(16(5)6)8-11(3)19-15;1-9-11(16)14(6,17)12(10(2)15)18-19(7,8)13(3,4)5;1-4(2)3-5;2*2-1-3;/h23-33,39-42H,18-22H2,1-17H3;10-15,17H,7-9H2,1-6H3;10-12,16-17H,9,15H2,1-8H3;4-5H,3H2,1-2H3;;;1H2/t23-,24-,25-,26+,27-,28+,29-,30-,31-,32-,33?,35-,36-;10-,11-,12-,13+,14-,15?;10-,11-,12-,14-;;;;/m111..../s1. The van der Waals surface area contributed by atoms with Gasteiger partial charge < -0.3 is 94.6 Å². The molecular weight excluding hydrogens is 1270 g/mol. The second-order valence-corrected chi connectivity index (χ2v) is 41.9. The SMILES string of the molecule is CC(C)CO.CC[C@@H](O)[C@@](C)(O)[C@H](O[Si](C)(C)C(C)(C)C)[C@@H](C)N.CC[C@@H](O)[C@H](C)COC1O[C@H](C)C[C@H](N(C)C)[C@H]1C.CC[C@@H](O)[C@H](C)[C@@H](OC1O[C@H](C)C[C@H](N(C)C)[C@H]1C)[C@](C)(O)C[C@@H](C)CN(C)[C@H](C)[C@@H](O[Si](C)(C)C(C)(C)C)[C@](C)(O)[C@H](O)CC.O.O=C=O.O=C=O. The number of nitrogens with zero attached hydrogens (tertiary/aromatic N) is 3. The summed E-state index contributed by atoms with van der Waals surface area (Å²) in [7, 11) is 6.05. The van der Waals surface area contributed by atoms with Crippen LogP contribution in [0.3, 0.4) is 0 Å². The number of carbonyl (C=O) groups excluding carboxylic acids is 4. The summed E-state index contributed by atoms with van der Waals surface area (Å²) in [6, 6.07) is 0.210. The summed E-state index contributed by atoms with van der Waals surface area (Å²) in [6.07, 6.45) is 0.150. The molecule has 12 N–H and O–H groups in total. The van der Waals surface area contributed by atoms with Gasteiger partial charge >= 0.3 is 12.3 Å². The molecule has 23 atom stereocenters. The molecule has 0 amide bonds. The monoisotopic (exact) mass is 1420 g/mol. The van der Waals surface area contributed by atoms with Crippen LogP contribution in [0.15, 0.2) is 0 Å². The van der Waals surface area contributed by atoms with Crippen molar-refractivity contribution in [2.24, 2.45) is 41.2 Å². The molecule has 0 aromatic carbocycles. The fourth-order valence-corrected chi connectivity index (χ4v) is 14.6. The number of ether oxygens (including phenoxy) is 4. The van der Waals surface area contributed by atoms with Crippen molar-refractivity contribution < 1.29 is 93.3 Å². The fraction of sp³-hybridized carbons (Fsp3) is 0.972. The van der Waals surface area contributed by atoms with Crippen molar-refractivity contribution in [2.75, 3.05) is 55.0 Å². The van der Waals surface area contributed by atoms with Gasteiger partial charge in [-0.15, -0.1) is 0 Å². The quantitative estimate of drug-likeness (QED) is 0.0294. The summed E-state index contributed by atoms with van der Waals surface area (Å²) in [5, 5.41) is 84.2. The molecule has 0 bridgehead atoms. The molecule has 2 heterocycles. The van der Waals surface area contributed by atoms with Crippen LogP contribution in [0.5, 0.6) is 0 Å². The van der Waals surface area contributed by atoms with Crippen molar-refractivity contribution in [1.82, 2.24) is 14.7 Å². The molecule has 2 aliphatic rings. The van der Waals surface area contributed by atoms with Crippen LogP contribution in [-0.4, -0.2) is 253 Å². The highest BCUT2D eigenvalue weighted by atomic mass is 28.4. The van der Waals surface area contributed by atoms with Crippen LogP contribution in [0, 0.1) is 35.5 Å². The Morgan fingerprint density at radius 2 is 0.927 bits per heavy atom. The van der Waals surface area contributed by atoms with Crippen LogP contribution in [0.25, 0.3) is 0 Å². The van der Waals surface area contributed by atoms with Crippen molar-refractivity contribution in [1.29, 1.82) is 0 Å². The van der Waals surface area contributed by atoms with Crippen molar-refractivity contribution in [3.63, 3.8) is 0 Å². The van der Waals surface area contributed by atoms with E-state index in [1.807, 2.05) is 76.3 Å². The lowest BCUT2D eigenvalue weighted by atomic mass is 9.79. The predicted molar refractivity (Wildman–Crippen MR) is 387 cm³/mol. The minimum Gasteiger partial charge on any atom is -0.412 e. The maximum absolute atomic E-state index is 12.1. The Bertz CT molecular complexity index is 2060. The largest absolute Gasteiger partial charge is 0.412 e. The fourth-order valence-electron chi connectivity index (χ4n) is 11.7. The molecule has 2 fully saturated rings. The highest BCUT2D eigenvalue weighted by Gasteiger charge is 2.51. The molecule has 96 heavy (non-hydrogen) atoms. The Morgan fingerprint density at radius 1 is 0.583 bits per heavy atom. The molecule has 578 valence electrons. The van der Waals surface area contributed by atoms with Crippen LogP contribution in [0.1, 0.15) is 211 Å². The molecule has 0 aromatic heterocycles. The van der Waals surface area contributed by atoms with Crippen LogP contribution in [-0.2, 0) is 47.0 Å². The first-order valence-corrected chi connectivity index (χ1v) is 41.0. The van der Waals surface area contributed by atoms with E-state index in [1.165, 1.54) is 0 Å². The van der Waals surface area contributed by atoms with Crippen molar-refractivity contribution in [2.45, 2.75) is 356 Å². The number of rotatable bonds is 31. The molecule has 0 aromatic rings. The Hall–Kier alpha value is -1.57. The molecule has 0 radical (unpaired) electrons. The number of hydrogen-bond donors (Lipinski definition) is 9. The average Bonchev–Trinajstić information content (AvgIpc) is 0.804. The second kappa shape index (κ2) is 46.9. The molecule has 0 aliphatic carbocycles. The van der Waals surface area contributed by atoms with E-state index in [4.69, 9.17) is 57.8 Å².